The molecule has 1 aliphatic rings. The quantitative estimate of drug-likeness (QED) is 0.348. The van der Waals surface area contributed by atoms with Gasteiger partial charge in [-0.15, -0.1) is 0 Å². The molecule has 1 fully saturated rings. The van der Waals surface area contributed by atoms with Gasteiger partial charge in [0, 0.05) is 18.0 Å². The molecule has 37 heavy (non-hydrogen) atoms. The van der Waals surface area contributed by atoms with Gasteiger partial charge in [-0.25, -0.2) is 13.2 Å². The van der Waals surface area contributed by atoms with E-state index in [-0.39, 0.29) is 27.0 Å². The van der Waals surface area contributed by atoms with E-state index >= 15 is 0 Å². The molecule has 12 heteroatoms. The van der Waals surface area contributed by atoms with Gasteiger partial charge in [0.05, 0.1) is 15.5 Å². The van der Waals surface area contributed by atoms with Gasteiger partial charge in [0.15, 0.2) is 0 Å². The number of carbonyl (C=O) groups is 3. The highest BCUT2D eigenvalue weighted by Gasteiger charge is 2.58. The summed E-state index contributed by atoms with van der Waals surface area (Å²) in [5.74, 6) is -3.41. The summed E-state index contributed by atoms with van der Waals surface area (Å²) in [5, 5.41) is 21.9. The van der Waals surface area contributed by atoms with E-state index in [0.29, 0.717) is 18.4 Å². The van der Waals surface area contributed by atoms with Crippen molar-refractivity contribution in [3.63, 3.8) is 0 Å². The summed E-state index contributed by atoms with van der Waals surface area (Å²) >= 11 is 12.0. The van der Waals surface area contributed by atoms with Gasteiger partial charge in [0.1, 0.15) is 10.9 Å². The summed E-state index contributed by atoms with van der Waals surface area (Å²) in [6.45, 7) is 5.03. The molecule has 3 atom stereocenters. The smallest absolute Gasteiger partial charge is 0.326 e. The number of halogens is 2. The van der Waals surface area contributed by atoms with Crippen molar-refractivity contribution in [2.24, 2.45) is 16.7 Å². The van der Waals surface area contributed by atoms with E-state index in [9.17, 15) is 33.0 Å². The first kappa shape index (κ1) is 28.7. The van der Waals surface area contributed by atoms with Gasteiger partial charge in [-0.3, -0.25) is 14.3 Å². The van der Waals surface area contributed by atoms with Crippen molar-refractivity contribution in [2.75, 3.05) is 4.72 Å². The third kappa shape index (κ3) is 5.71. The Balaban J connectivity index is 1.72. The first-order valence-electron chi connectivity index (χ1n) is 11.4. The number of carbonyl (C=O) groups excluding carboxylic acids is 1. The Morgan fingerprint density at radius 3 is 2.08 bits per heavy atom. The van der Waals surface area contributed by atoms with E-state index in [0.717, 1.165) is 0 Å². The number of amides is 1. The van der Waals surface area contributed by atoms with Crippen molar-refractivity contribution >= 4 is 56.8 Å². The van der Waals surface area contributed by atoms with Crippen molar-refractivity contribution in [2.45, 2.75) is 51.0 Å². The van der Waals surface area contributed by atoms with Crippen molar-refractivity contribution in [1.29, 1.82) is 0 Å². The van der Waals surface area contributed by atoms with E-state index < -0.39 is 50.7 Å². The maximum atomic E-state index is 13.0. The molecule has 0 spiro atoms. The molecule has 0 aliphatic heterocycles. The fraction of sp³-hybridized carbons (Fsp3) is 0.400. The predicted molar refractivity (Wildman–Crippen MR) is 139 cm³/mol. The lowest BCUT2D eigenvalue weighted by molar-refractivity contribution is -0.155. The Hall–Kier alpha value is -2.82. The fourth-order valence-electron chi connectivity index (χ4n) is 4.70. The van der Waals surface area contributed by atoms with Gasteiger partial charge in [-0.1, -0.05) is 55.2 Å². The molecule has 1 amide bonds. The average molecular weight is 571 g/mol. The zero-order valence-corrected chi connectivity index (χ0v) is 22.7. The summed E-state index contributed by atoms with van der Waals surface area (Å²) in [5.41, 5.74) is -1.25. The molecule has 0 aromatic heterocycles. The molecule has 2 aromatic carbocycles. The molecule has 3 rings (SSSR count). The highest BCUT2D eigenvalue weighted by atomic mass is 35.5. The SMILES string of the molecule is CC1(C)[C@@H](C(=O)N[C@@H](Cc2ccc(NS(=O)(=O)c3c(Cl)cccc3Cl)cc2)C(=O)O)CC[C@@]1(C)C(=O)O. The summed E-state index contributed by atoms with van der Waals surface area (Å²) < 4.78 is 27.9. The molecular formula is C25H28Cl2N2O7S. The van der Waals surface area contributed by atoms with Gasteiger partial charge in [0.25, 0.3) is 10.0 Å². The Morgan fingerprint density at radius 1 is 1.03 bits per heavy atom. The van der Waals surface area contributed by atoms with E-state index in [2.05, 4.69) is 10.0 Å². The standard InChI is InChI=1S/C25H28Cl2N2O7S/c1-24(2)16(11-12-25(24,3)23(33)34)21(30)28-19(22(31)32)13-14-7-9-15(10-8-14)29-37(35,36)20-17(26)5-4-6-18(20)27/h4-10,16,19,29H,11-13H2,1-3H3,(H,28,30)(H,31,32)(H,33,34)/t16-,19+,25+/m1/s1. The summed E-state index contributed by atoms with van der Waals surface area (Å²) in [6, 6.07) is 9.05. The molecule has 0 heterocycles. The van der Waals surface area contributed by atoms with Crippen LogP contribution in [0.25, 0.3) is 0 Å². The lowest BCUT2D eigenvalue weighted by Gasteiger charge is -2.38. The molecule has 4 N–H and O–H groups in total. The van der Waals surface area contributed by atoms with Gasteiger partial charge in [-0.05, 0) is 55.0 Å². The number of aliphatic carboxylic acids is 2. The van der Waals surface area contributed by atoms with Gasteiger partial charge in [-0.2, -0.15) is 0 Å². The minimum absolute atomic E-state index is 0.0363. The largest absolute Gasteiger partial charge is 0.481 e. The van der Waals surface area contributed by atoms with E-state index in [1.54, 1.807) is 20.8 Å². The summed E-state index contributed by atoms with van der Waals surface area (Å²) in [7, 11) is -4.08. The molecular weight excluding hydrogens is 543 g/mol. The molecule has 2 aromatic rings. The summed E-state index contributed by atoms with van der Waals surface area (Å²) in [4.78, 5) is 36.5. The zero-order valence-electron chi connectivity index (χ0n) is 20.4. The Morgan fingerprint density at radius 2 is 1.59 bits per heavy atom. The number of nitrogens with one attached hydrogen (secondary N) is 2. The predicted octanol–water partition coefficient (Wildman–Crippen LogP) is 4.43. The first-order chi connectivity index (χ1) is 17.1. The molecule has 0 unspecified atom stereocenters. The van der Waals surface area contributed by atoms with E-state index in [1.807, 2.05) is 0 Å². The molecule has 0 bridgehead atoms. The minimum atomic E-state index is -4.08. The van der Waals surface area contributed by atoms with Gasteiger partial charge >= 0.3 is 11.9 Å². The van der Waals surface area contributed by atoms with Crippen LogP contribution < -0.4 is 10.0 Å². The number of sulfonamides is 1. The van der Waals surface area contributed by atoms with Crippen LogP contribution in [0.4, 0.5) is 5.69 Å². The second-order valence-corrected chi connectivity index (χ2v) is 12.3. The molecule has 0 radical (unpaired) electrons. The van der Waals surface area contributed by atoms with Crippen LogP contribution in [-0.4, -0.2) is 42.5 Å². The Labute approximate surface area is 225 Å². The highest BCUT2D eigenvalue weighted by molar-refractivity contribution is 7.93. The summed E-state index contributed by atoms with van der Waals surface area (Å²) in [6.07, 6.45) is 0.577. The van der Waals surface area contributed by atoms with Crippen LogP contribution in [0.1, 0.15) is 39.2 Å². The number of carboxylic acids is 2. The first-order valence-corrected chi connectivity index (χ1v) is 13.7. The third-order valence-electron chi connectivity index (χ3n) is 7.46. The van der Waals surface area contributed by atoms with Crippen LogP contribution in [0.2, 0.25) is 10.0 Å². The average Bonchev–Trinajstić information content (AvgIpc) is 3.03. The number of hydrogen-bond donors (Lipinski definition) is 4. The van der Waals surface area contributed by atoms with Crippen molar-refractivity contribution < 1.29 is 33.0 Å². The molecule has 1 aliphatic carbocycles. The fourth-order valence-corrected chi connectivity index (χ4v) is 6.91. The minimum Gasteiger partial charge on any atom is -0.481 e. The number of hydrogen-bond acceptors (Lipinski definition) is 5. The monoisotopic (exact) mass is 570 g/mol. The van der Waals surface area contributed by atoms with Crippen molar-refractivity contribution in [1.82, 2.24) is 5.32 Å². The number of benzene rings is 2. The zero-order chi connectivity index (χ0) is 27.8. The number of rotatable bonds is 9. The second-order valence-electron chi connectivity index (χ2n) is 9.91. The highest BCUT2D eigenvalue weighted by Crippen LogP contribution is 2.56. The van der Waals surface area contributed by atoms with Crippen LogP contribution in [-0.2, 0) is 30.8 Å². The molecule has 0 saturated heterocycles. The number of anilines is 1. The van der Waals surface area contributed by atoms with E-state index in [4.69, 9.17) is 23.2 Å². The lowest BCUT2D eigenvalue weighted by Crippen LogP contribution is -2.49. The van der Waals surface area contributed by atoms with Crippen LogP contribution in [0, 0.1) is 16.7 Å². The molecule has 1 saturated carbocycles. The van der Waals surface area contributed by atoms with Gasteiger partial charge < -0.3 is 15.5 Å². The maximum absolute atomic E-state index is 13.0. The third-order valence-corrected chi connectivity index (χ3v) is 9.80. The Bertz CT molecular complexity index is 1310. The molecule has 9 nitrogen and oxygen atoms in total. The van der Waals surface area contributed by atoms with E-state index in [1.165, 1.54) is 42.5 Å². The van der Waals surface area contributed by atoms with Crippen LogP contribution >= 0.6 is 23.2 Å². The Kier molecular flexibility index (Phi) is 8.16. The molecule has 200 valence electrons. The topological polar surface area (TPSA) is 150 Å². The second kappa shape index (κ2) is 10.5. The van der Waals surface area contributed by atoms with Crippen molar-refractivity contribution in [3.05, 3.63) is 58.1 Å². The number of carboxylic acid groups (broad SMARTS) is 2. The van der Waals surface area contributed by atoms with Crippen LogP contribution in [0.5, 0.6) is 0 Å². The lowest BCUT2D eigenvalue weighted by atomic mass is 9.65. The van der Waals surface area contributed by atoms with Crippen molar-refractivity contribution in [3.8, 4) is 0 Å². The van der Waals surface area contributed by atoms with Crippen LogP contribution in [0.3, 0.4) is 0 Å². The van der Waals surface area contributed by atoms with Gasteiger partial charge in [0.2, 0.25) is 5.91 Å². The van der Waals surface area contributed by atoms with Crippen LogP contribution in [0.15, 0.2) is 47.4 Å². The normalized spacial score (nSPS) is 21.7. The maximum Gasteiger partial charge on any atom is 0.326 e.